The van der Waals surface area contributed by atoms with Gasteiger partial charge in [-0.3, -0.25) is 0 Å². The van der Waals surface area contributed by atoms with Crippen LogP contribution >= 0.6 is 0 Å². The molecule has 0 bridgehead atoms. The molecule has 3 rings (SSSR count). The molecule has 5 heteroatoms. The first kappa shape index (κ1) is 12.3. The SMILES string of the molecule is COc1ccc2c(ccn2Cc2cc(C(=O)O)co2)c1. The molecule has 1 N–H and O–H groups in total. The smallest absolute Gasteiger partial charge is 0.338 e. The third kappa shape index (κ3) is 2.14. The lowest BCUT2D eigenvalue weighted by molar-refractivity contribution is 0.0696. The fraction of sp³-hybridized carbons (Fsp3) is 0.133. The van der Waals surface area contributed by atoms with Crippen molar-refractivity contribution in [1.82, 2.24) is 4.57 Å². The Labute approximate surface area is 115 Å². The number of nitrogens with zero attached hydrogens (tertiary/aromatic N) is 1. The van der Waals surface area contributed by atoms with E-state index in [-0.39, 0.29) is 5.56 Å². The summed E-state index contributed by atoms with van der Waals surface area (Å²) >= 11 is 0. The predicted molar refractivity (Wildman–Crippen MR) is 73.3 cm³/mol. The number of aromatic carboxylic acids is 1. The number of methoxy groups -OCH3 is 1. The maximum atomic E-state index is 10.8. The number of carboxylic acids is 1. The summed E-state index contributed by atoms with van der Waals surface area (Å²) in [5.41, 5.74) is 1.21. The molecule has 2 aromatic heterocycles. The zero-order valence-corrected chi connectivity index (χ0v) is 10.9. The van der Waals surface area contributed by atoms with Gasteiger partial charge in [0, 0.05) is 17.1 Å². The Kier molecular flexibility index (Phi) is 2.95. The zero-order chi connectivity index (χ0) is 14.1. The Hall–Kier alpha value is -2.69. The summed E-state index contributed by atoms with van der Waals surface area (Å²) in [6.07, 6.45) is 3.19. The van der Waals surface area contributed by atoms with Crippen LogP contribution in [-0.4, -0.2) is 22.8 Å². The molecule has 0 saturated carbocycles. The summed E-state index contributed by atoms with van der Waals surface area (Å²) in [7, 11) is 1.63. The van der Waals surface area contributed by atoms with E-state index in [0.29, 0.717) is 12.3 Å². The fourth-order valence-electron chi connectivity index (χ4n) is 2.19. The summed E-state index contributed by atoms with van der Waals surface area (Å²) in [6, 6.07) is 9.34. The lowest BCUT2D eigenvalue weighted by Gasteiger charge is -2.04. The number of hydrogen-bond donors (Lipinski definition) is 1. The number of hydrogen-bond acceptors (Lipinski definition) is 3. The maximum absolute atomic E-state index is 10.8. The van der Waals surface area contributed by atoms with Gasteiger partial charge in [-0.1, -0.05) is 0 Å². The van der Waals surface area contributed by atoms with Gasteiger partial charge in [-0.25, -0.2) is 4.79 Å². The molecule has 5 nitrogen and oxygen atoms in total. The van der Waals surface area contributed by atoms with Crippen molar-refractivity contribution < 1.29 is 19.1 Å². The molecule has 0 saturated heterocycles. The van der Waals surface area contributed by atoms with Crippen molar-refractivity contribution in [1.29, 1.82) is 0 Å². The number of ether oxygens (including phenoxy) is 1. The average Bonchev–Trinajstić information content (AvgIpc) is 3.06. The second-order valence-corrected chi connectivity index (χ2v) is 4.48. The monoisotopic (exact) mass is 271 g/mol. The quantitative estimate of drug-likeness (QED) is 0.792. The van der Waals surface area contributed by atoms with Crippen LogP contribution in [0.25, 0.3) is 10.9 Å². The Morgan fingerprint density at radius 2 is 2.20 bits per heavy atom. The van der Waals surface area contributed by atoms with Crippen molar-refractivity contribution >= 4 is 16.9 Å². The Bertz CT molecular complexity index is 769. The van der Waals surface area contributed by atoms with Gasteiger partial charge in [-0.05, 0) is 30.3 Å². The second-order valence-electron chi connectivity index (χ2n) is 4.48. The summed E-state index contributed by atoms with van der Waals surface area (Å²) in [4.78, 5) is 10.8. The van der Waals surface area contributed by atoms with Gasteiger partial charge in [-0.15, -0.1) is 0 Å². The molecular formula is C15H13NO4. The van der Waals surface area contributed by atoms with Gasteiger partial charge in [0.1, 0.15) is 17.8 Å². The van der Waals surface area contributed by atoms with E-state index in [9.17, 15) is 4.79 Å². The zero-order valence-electron chi connectivity index (χ0n) is 10.9. The number of fused-ring (bicyclic) bond motifs is 1. The molecule has 0 radical (unpaired) electrons. The third-order valence-corrected chi connectivity index (χ3v) is 3.21. The van der Waals surface area contributed by atoms with Crippen molar-refractivity contribution in [2.24, 2.45) is 0 Å². The summed E-state index contributed by atoms with van der Waals surface area (Å²) in [5, 5.41) is 9.94. The van der Waals surface area contributed by atoms with Crippen molar-refractivity contribution in [3.63, 3.8) is 0 Å². The number of carboxylic acid groups (broad SMARTS) is 1. The van der Waals surface area contributed by atoms with Crippen LogP contribution in [0.2, 0.25) is 0 Å². The first-order valence-electron chi connectivity index (χ1n) is 6.11. The standard InChI is InChI=1S/C15H13NO4/c1-19-12-2-3-14-10(6-12)4-5-16(14)8-13-7-11(9-20-13)15(17)18/h2-7,9H,8H2,1H3,(H,17,18). The van der Waals surface area contributed by atoms with Crippen LogP contribution in [0.4, 0.5) is 0 Å². The highest BCUT2D eigenvalue weighted by molar-refractivity contribution is 5.87. The van der Waals surface area contributed by atoms with Gasteiger partial charge >= 0.3 is 5.97 Å². The Morgan fingerprint density at radius 3 is 2.90 bits per heavy atom. The second kappa shape index (κ2) is 4.77. The Morgan fingerprint density at radius 1 is 1.35 bits per heavy atom. The van der Waals surface area contributed by atoms with Crippen LogP contribution in [0.15, 0.2) is 47.2 Å². The molecule has 20 heavy (non-hydrogen) atoms. The topological polar surface area (TPSA) is 64.6 Å². The third-order valence-electron chi connectivity index (χ3n) is 3.21. The molecular weight excluding hydrogens is 258 g/mol. The summed E-state index contributed by atoms with van der Waals surface area (Å²) in [6.45, 7) is 0.489. The summed E-state index contributed by atoms with van der Waals surface area (Å²) in [5.74, 6) is 0.430. The lowest BCUT2D eigenvalue weighted by atomic mass is 10.2. The van der Waals surface area contributed by atoms with Crippen molar-refractivity contribution in [3.05, 3.63) is 54.1 Å². The van der Waals surface area contributed by atoms with E-state index < -0.39 is 5.97 Å². The number of furan rings is 1. The van der Waals surface area contributed by atoms with Crippen LogP contribution in [0.5, 0.6) is 5.75 Å². The van der Waals surface area contributed by atoms with Gasteiger partial charge in [0.15, 0.2) is 0 Å². The molecule has 0 fully saturated rings. The van der Waals surface area contributed by atoms with Crippen molar-refractivity contribution in [3.8, 4) is 5.75 Å². The lowest BCUT2D eigenvalue weighted by Crippen LogP contribution is -1.97. The van der Waals surface area contributed by atoms with E-state index in [1.54, 1.807) is 7.11 Å². The van der Waals surface area contributed by atoms with Crippen LogP contribution in [0.3, 0.4) is 0 Å². The minimum absolute atomic E-state index is 0.165. The molecule has 2 heterocycles. The molecule has 0 atom stereocenters. The van der Waals surface area contributed by atoms with Crippen molar-refractivity contribution in [2.45, 2.75) is 6.54 Å². The van der Waals surface area contributed by atoms with Gasteiger partial charge in [0.25, 0.3) is 0 Å². The van der Waals surface area contributed by atoms with Crippen LogP contribution in [-0.2, 0) is 6.54 Å². The first-order valence-corrected chi connectivity index (χ1v) is 6.11. The Balaban J connectivity index is 1.92. The molecule has 0 unspecified atom stereocenters. The van der Waals surface area contributed by atoms with Crippen LogP contribution in [0.1, 0.15) is 16.1 Å². The van der Waals surface area contributed by atoms with Gasteiger partial charge < -0.3 is 18.8 Å². The minimum atomic E-state index is -0.984. The van der Waals surface area contributed by atoms with Crippen LogP contribution < -0.4 is 4.74 Å². The normalized spacial score (nSPS) is 10.8. The molecule has 0 aliphatic heterocycles. The maximum Gasteiger partial charge on any atom is 0.338 e. The predicted octanol–water partition coefficient (Wildman–Crippen LogP) is 2.99. The highest BCUT2D eigenvalue weighted by atomic mass is 16.5. The number of benzene rings is 1. The highest BCUT2D eigenvalue weighted by Crippen LogP contribution is 2.23. The van der Waals surface area contributed by atoms with Crippen molar-refractivity contribution in [2.75, 3.05) is 7.11 Å². The van der Waals surface area contributed by atoms with Crippen LogP contribution in [0, 0.1) is 0 Å². The van der Waals surface area contributed by atoms with E-state index in [1.165, 1.54) is 12.3 Å². The molecule has 3 aromatic rings. The number of carbonyl (C=O) groups is 1. The van der Waals surface area contributed by atoms with E-state index in [4.69, 9.17) is 14.3 Å². The molecule has 0 aliphatic carbocycles. The molecule has 1 aromatic carbocycles. The van der Waals surface area contributed by atoms with E-state index in [2.05, 4.69) is 0 Å². The van der Waals surface area contributed by atoms with Gasteiger partial charge in [0.05, 0.1) is 19.2 Å². The van der Waals surface area contributed by atoms with Gasteiger partial charge in [-0.2, -0.15) is 0 Å². The van der Waals surface area contributed by atoms with E-state index >= 15 is 0 Å². The summed E-state index contributed by atoms with van der Waals surface area (Å²) < 4.78 is 12.5. The molecule has 0 spiro atoms. The van der Waals surface area contributed by atoms with E-state index in [0.717, 1.165) is 16.7 Å². The molecule has 0 aliphatic rings. The molecule has 102 valence electrons. The first-order chi connectivity index (χ1) is 9.67. The average molecular weight is 271 g/mol. The highest BCUT2D eigenvalue weighted by Gasteiger charge is 2.10. The number of rotatable bonds is 4. The largest absolute Gasteiger partial charge is 0.497 e. The minimum Gasteiger partial charge on any atom is -0.497 e. The van der Waals surface area contributed by atoms with Gasteiger partial charge in [0.2, 0.25) is 0 Å². The molecule has 0 amide bonds. The van der Waals surface area contributed by atoms with E-state index in [1.807, 2.05) is 35.0 Å². The fourth-order valence-corrected chi connectivity index (χ4v) is 2.19. The number of aromatic nitrogens is 1.